The Morgan fingerprint density at radius 1 is 1.38 bits per heavy atom. The minimum atomic E-state index is -1.49. The van der Waals surface area contributed by atoms with Crippen molar-refractivity contribution in [2.45, 2.75) is 20.0 Å². The highest BCUT2D eigenvalue weighted by Gasteiger charge is 2.30. The Hall–Kier alpha value is -1.95. The lowest BCUT2D eigenvalue weighted by Gasteiger charge is -2.20. The van der Waals surface area contributed by atoms with Gasteiger partial charge in [-0.05, 0) is 13.0 Å². The summed E-state index contributed by atoms with van der Waals surface area (Å²) >= 11 is 5.77. The summed E-state index contributed by atoms with van der Waals surface area (Å²) < 4.78 is 36.6. The fourth-order valence-electron chi connectivity index (χ4n) is 1.60. The quantitative estimate of drug-likeness (QED) is 0.617. The number of hydrogen-bond donors (Lipinski definition) is 0. The monoisotopic (exact) mass is 318 g/mol. The fourth-order valence-corrected chi connectivity index (χ4v) is 1.90. The van der Waals surface area contributed by atoms with Crippen LogP contribution in [-0.4, -0.2) is 18.5 Å². The summed E-state index contributed by atoms with van der Waals surface area (Å²) in [6, 6.07) is 1.41. The summed E-state index contributed by atoms with van der Waals surface area (Å²) in [4.78, 5) is 22.8. The standard InChI is InChI=1S/C14H13ClF2O4/c1-4-20-14(19)7(2)13(21-8(3)18)12-10(15)5-9(16)6-11(12)17/h5-6,13H,2,4H2,1,3H3. The van der Waals surface area contributed by atoms with Crippen LogP contribution in [-0.2, 0) is 19.1 Å². The van der Waals surface area contributed by atoms with Crippen LogP contribution >= 0.6 is 11.6 Å². The SMILES string of the molecule is C=C(C(=O)OCC)C(OC(C)=O)c1c(F)cc(F)cc1Cl. The summed E-state index contributed by atoms with van der Waals surface area (Å²) in [7, 11) is 0. The molecule has 0 amide bonds. The summed E-state index contributed by atoms with van der Waals surface area (Å²) in [5.41, 5.74) is -0.675. The molecule has 0 heterocycles. The average Bonchev–Trinajstić information content (AvgIpc) is 2.35. The van der Waals surface area contributed by atoms with Crippen LogP contribution in [0.15, 0.2) is 24.3 Å². The molecule has 0 aliphatic heterocycles. The summed E-state index contributed by atoms with van der Waals surface area (Å²) in [6.45, 7) is 6.13. The Morgan fingerprint density at radius 2 is 2.00 bits per heavy atom. The van der Waals surface area contributed by atoms with Crippen molar-refractivity contribution in [1.82, 2.24) is 0 Å². The number of carbonyl (C=O) groups excluding carboxylic acids is 2. The molecule has 0 fully saturated rings. The zero-order valence-electron chi connectivity index (χ0n) is 11.4. The van der Waals surface area contributed by atoms with Crippen LogP contribution in [0.4, 0.5) is 8.78 Å². The van der Waals surface area contributed by atoms with Gasteiger partial charge in [0.2, 0.25) is 0 Å². The molecule has 1 aromatic rings. The molecule has 0 N–H and O–H groups in total. The molecule has 4 nitrogen and oxygen atoms in total. The number of halogens is 3. The molecule has 7 heteroatoms. The van der Waals surface area contributed by atoms with E-state index in [0.717, 1.165) is 13.0 Å². The Morgan fingerprint density at radius 3 is 2.48 bits per heavy atom. The highest BCUT2D eigenvalue weighted by molar-refractivity contribution is 6.31. The van der Waals surface area contributed by atoms with E-state index in [1.54, 1.807) is 6.92 Å². The van der Waals surface area contributed by atoms with Gasteiger partial charge in [-0.3, -0.25) is 4.79 Å². The van der Waals surface area contributed by atoms with E-state index >= 15 is 0 Å². The lowest BCUT2D eigenvalue weighted by molar-refractivity contribution is -0.148. The summed E-state index contributed by atoms with van der Waals surface area (Å²) in [5.74, 6) is -3.62. The third-order valence-corrected chi connectivity index (χ3v) is 2.76. The van der Waals surface area contributed by atoms with E-state index in [1.807, 2.05) is 0 Å². The van der Waals surface area contributed by atoms with Crippen LogP contribution in [0.25, 0.3) is 0 Å². The van der Waals surface area contributed by atoms with E-state index in [9.17, 15) is 18.4 Å². The van der Waals surface area contributed by atoms with Gasteiger partial charge < -0.3 is 9.47 Å². The van der Waals surface area contributed by atoms with Crippen LogP contribution in [0.5, 0.6) is 0 Å². The second kappa shape index (κ2) is 7.17. The third-order valence-electron chi connectivity index (χ3n) is 2.44. The van der Waals surface area contributed by atoms with Gasteiger partial charge in [-0.2, -0.15) is 0 Å². The number of ether oxygens (including phenoxy) is 2. The van der Waals surface area contributed by atoms with Gasteiger partial charge >= 0.3 is 11.9 Å². The van der Waals surface area contributed by atoms with Gasteiger partial charge in [0, 0.05) is 13.0 Å². The molecule has 21 heavy (non-hydrogen) atoms. The zero-order chi connectivity index (χ0) is 16.2. The van der Waals surface area contributed by atoms with Crippen molar-refractivity contribution >= 4 is 23.5 Å². The number of rotatable bonds is 5. The smallest absolute Gasteiger partial charge is 0.337 e. The lowest BCUT2D eigenvalue weighted by Crippen LogP contribution is -2.19. The maximum absolute atomic E-state index is 13.9. The largest absolute Gasteiger partial charge is 0.463 e. The minimum absolute atomic E-state index is 0.0598. The van der Waals surface area contributed by atoms with Gasteiger partial charge in [0.1, 0.15) is 11.6 Å². The number of esters is 2. The Bertz CT molecular complexity index is 563. The Labute approximate surface area is 125 Å². The molecule has 0 spiro atoms. The molecule has 0 bridgehead atoms. The van der Waals surface area contributed by atoms with Crippen molar-refractivity contribution in [1.29, 1.82) is 0 Å². The van der Waals surface area contributed by atoms with Gasteiger partial charge in [0.05, 0.1) is 22.8 Å². The van der Waals surface area contributed by atoms with Crippen molar-refractivity contribution < 1.29 is 27.8 Å². The van der Waals surface area contributed by atoms with Gasteiger partial charge in [-0.15, -0.1) is 0 Å². The Kier molecular flexibility index (Phi) is 5.84. The molecule has 1 unspecified atom stereocenters. The number of benzene rings is 1. The van der Waals surface area contributed by atoms with Crippen LogP contribution in [0.3, 0.4) is 0 Å². The maximum atomic E-state index is 13.9. The van der Waals surface area contributed by atoms with Crippen LogP contribution in [0, 0.1) is 11.6 Å². The molecule has 1 aromatic carbocycles. The fraction of sp³-hybridized carbons (Fsp3) is 0.286. The van der Waals surface area contributed by atoms with Crippen molar-refractivity contribution in [3.63, 3.8) is 0 Å². The molecule has 114 valence electrons. The van der Waals surface area contributed by atoms with E-state index in [1.165, 1.54) is 0 Å². The van der Waals surface area contributed by atoms with E-state index in [0.29, 0.717) is 6.07 Å². The van der Waals surface area contributed by atoms with Gasteiger partial charge in [0.15, 0.2) is 6.10 Å². The molecule has 0 aliphatic rings. The van der Waals surface area contributed by atoms with E-state index in [2.05, 4.69) is 6.58 Å². The molecule has 0 radical (unpaired) electrons. The minimum Gasteiger partial charge on any atom is -0.463 e. The first-order valence-electron chi connectivity index (χ1n) is 5.95. The molecule has 0 saturated carbocycles. The average molecular weight is 319 g/mol. The molecule has 0 aliphatic carbocycles. The molecular formula is C14H13ClF2O4. The van der Waals surface area contributed by atoms with Crippen LogP contribution in [0.1, 0.15) is 25.5 Å². The first kappa shape index (κ1) is 17.1. The summed E-state index contributed by atoms with van der Waals surface area (Å²) in [5, 5.41) is -0.329. The molecular weight excluding hydrogens is 306 g/mol. The van der Waals surface area contributed by atoms with E-state index < -0.39 is 29.7 Å². The van der Waals surface area contributed by atoms with Crippen LogP contribution < -0.4 is 0 Å². The Balaban J connectivity index is 3.29. The molecule has 1 atom stereocenters. The van der Waals surface area contributed by atoms with Gasteiger partial charge in [-0.25, -0.2) is 13.6 Å². The van der Waals surface area contributed by atoms with E-state index in [4.69, 9.17) is 21.1 Å². The van der Waals surface area contributed by atoms with Crippen molar-refractivity contribution in [3.05, 3.63) is 46.5 Å². The van der Waals surface area contributed by atoms with Gasteiger partial charge in [0.25, 0.3) is 0 Å². The second-order valence-electron chi connectivity index (χ2n) is 4.02. The predicted octanol–water partition coefficient (Wildman–Crippen LogP) is 3.34. The van der Waals surface area contributed by atoms with Gasteiger partial charge in [-0.1, -0.05) is 18.2 Å². The zero-order valence-corrected chi connectivity index (χ0v) is 12.2. The molecule has 1 rings (SSSR count). The molecule has 0 aromatic heterocycles. The first-order valence-corrected chi connectivity index (χ1v) is 6.33. The predicted molar refractivity (Wildman–Crippen MR) is 71.6 cm³/mol. The highest BCUT2D eigenvalue weighted by Crippen LogP contribution is 2.34. The summed E-state index contributed by atoms with van der Waals surface area (Å²) in [6.07, 6.45) is -1.49. The van der Waals surface area contributed by atoms with Crippen molar-refractivity contribution in [3.8, 4) is 0 Å². The highest BCUT2D eigenvalue weighted by atomic mass is 35.5. The normalized spacial score (nSPS) is 11.7. The van der Waals surface area contributed by atoms with E-state index in [-0.39, 0.29) is 22.8 Å². The van der Waals surface area contributed by atoms with Crippen molar-refractivity contribution in [2.24, 2.45) is 0 Å². The number of hydrogen-bond acceptors (Lipinski definition) is 4. The lowest BCUT2D eigenvalue weighted by atomic mass is 10.0. The molecule has 0 saturated heterocycles. The second-order valence-corrected chi connectivity index (χ2v) is 4.43. The maximum Gasteiger partial charge on any atom is 0.337 e. The number of carbonyl (C=O) groups is 2. The first-order chi connectivity index (χ1) is 9.77. The topological polar surface area (TPSA) is 52.6 Å². The third kappa shape index (κ3) is 4.26. The van der Waals surface area contributed by atoms with Crippen LogP contribution in [0.2, 0.25) is 5.02 Å². The van der Waals surface area contributed by atoms with Crippen molar-refractivity contribution in [2.75, 3.05) is 6.61 Å².